The number of hydrogen-bond donors (Lipinski definition) is 1. The average molecular weight is 287 g/mol. The van der Waals surface area contributed by atoms with Gasteiger partial charge in [-0.3, -0.25) is 0 Å². The molecular weight excluding hydrogens is 266 g/mol. The Bertz CT molecular complexity index is 564. The lowest BCUT2D eigenvalue weighted by Crippen LogP contribution is -2.24. The van der Waals surface area contributed by atoms with Crippen molar-refractivity contribution in [3.05, 3.63) is 40.9 Å². The van der Waals surface area contributed by atoms with E-state index in [1.165, 1.54) is 24.1 Å². The van der Waals surface area contributed by atoms with Crippen LogP contribution in [0.4, 0.5) is 10.8 Å². The van der Waals surface area contributed by atoms with Gasteiger partial charge in [-0.1, -0.05) is 25.1 Å². The zero-order valence-electron chi connectivity index (χ0n) is 11.9. The van der Waals surface area contributed by atoms with Gasteiger partial charge in [-0.15, -0.1) is 11.3 Å². The molecule has 0 aliphatic carbocycles. The number of rotatable bonds is 5. The fraction of sp³-hybridized carbons (Fsp3) is 0.438. The third-order valence-electron chi connectivity index (χ3n) is 3.61. The quantitative estimate of drug-likeness (QED) is 0.849. The maximum absolute atomic E-state index is 4.79. The first-order valence-corrected chi connectivity index (χ1v) is 8.27. The fourth-order valence-corrected chi connectivity index (χ4v) is 3.49. The van der Waals surface area contributed by atoms with E-state index in [1.807, 2.05) is 0 Å². The van der Waals surface area contributed by atoms with Gasteiger partial charge in [-0.2, -0.15) is 0 Å². The lowest BCUT2D eigenvalue weighted by molar-refractivity contribution is 0.666. The first kappa shape index (κ1) is 13.6. The van der Waals surface area contributed by atoms with Crippen LogP contribution in [-0.2, 0) is 13.0 Å². The second kappa shape index (κ2) is 6.37. The molecule has 0 amide bonds. The molecule has 0 fully saturated rings. The van der Waals surface area contributed by atoms with Crippen LogP contribution in [0.2, 0.25) is 0 Å². The van der Waals surface area contributed by atoms with Crippen molar-refractivity contribution >= 4 is 22.2 Å². The average Bonchev–Trinajstić information content (AvgIpc) is 2.96. The van der Waals surface area contributed by atoms with E-state index in [1.54, 1.807) is 11.3 Å². The van der Waals surface area contributed by atoms with Gasteiger partial charge in [0.1, 0.15) is 0 Å². The minimum absolute atomic E-state index is 0.875. The molecule has 4 heteroatoms. The molecule has 1 aliphatic rings. The Kier molecular flexibility index (Phi) is 4.33. The molecule has 1 aliphatic heterocycles. The maximum atomic E-state index is 4.79. The van der Waals surface area contributed by atoms with Crippen molar-refractivity contribution in [1.29, 1.82) is 0 Å². The van der Waals surface area contributed by atoms with Gasteiger partial charge < -0.3 is 10.2 Å². The number of nitrogens with zero attached hydrogens (tertiary/aromatic N) is 2. The van der Waals surface area contributed by atoms with Gasteiger partial charge in [0.15, 0.2) is 5.13 Å². The molecule has 20 heavy (non-hydrogen) atoms. The van der Waals surface area contributed by atoms with Gasteiger partial charge in [0.2, 0.25) is 0 Å². The third kappa shape index (κ3) is 2.86. The molecule has 0 saturated carbocycles. The van der Waals surface area contributed by atoms with E-state index in [4.69, 9.17) is 4.98 Å². The standard InChI is InChI=1S/C16H21N3S/c1-2-9-17-11-14-12-20-16(18-14)19-10-5-7-13-6-3-4-8-15(13)19/h3-4,6,8,12,17H,2,5,7,9-11H2,1H3. The Hall–Kier alpha value is -1.39. The van der Waals surface area contributed by atoms with Crippen LogP contribution >= 0.6 is 11.3 Å². The highest BCUT2D eigenvalue weighted by Crippen LogP contribution is 2.34. The van der Waals surface area contributed by atoms with Gasteiger partial charge in [0, 0.05) is 24.2 Å². The monoisotopic (exact) mass is 287 g/mol. The normalized spacial score (nSPS) is 14.3. The van der Waals surface area contributed by atoms with Crippen LogP contribution in [0, 0.1) is 0 Å². The van der Waals surface area contributed by atoms with Gasteiger partial charge in [0.25, 0.3) is 0 Å². The van der Waals surface area contributed by atoms with Crippen LogP contribution in [-0.4, -0.2) is 18.1 Å². The van der Waals surface area contributed by atoms with Crippen LogP contribution in [0.25, 0.3) is 0 Å². The molecule has 0 spiro atoms. The Morgan fingerprint density at radius 3 is 3.15 bits per heavy atom. The molecule has 2 aromatic rings. The maximum Gasteiger partial charge on any atom is 0.190 e. The number of aromatic nitrogens is 1. The summed E-state index contributed by atoms with van der Waals surface area (Å²) in [7, 11) is 0. The van der Waals surface area contributed by atoms with Gasteiger partial charge in [-0.05, 0) is 37.4 Å². The molecule has 106 valence electrons. The predicted molar refractivity (Wildman–Crippen MR) is 85.9 cm³/mol. The molecular formula is C16H21N3S. The number of aryl methyl sites for hydroxylation is 1. The number of nitrogens with one attached hydrogen (secondary N) is 1. The molecule has 0 bridgehead atoms. The zero-order chi connectivity index (χ0) is 13.8. The topological polar surface area (TPSA) is 28.2 Å². The van der Waals surface area contributed by atoms with E-state index in [9.17, 15) is 0 Å². The van der Waals surface area contributed by atoms with Crippen molar-refractivity contribution in [3.8, 4) is 0 Å². The molecule has 1 aromatic heterocycles. The van der Waals surface area contributed by atoms with Gasteiger partial charge >= 0.3 is 0 Å². The molecule has 3 rings (SSSR count). The second-order valence-corrected chi connectivity index (χ2v) is 6.02. The highest BCUT2D eigenvalue weighted by atomic mass is 32.1. The summed E-state index contributed by atoms with van der Waals surface area (Å²) in [6, 6.07) is 8.70. The van der Waals surface area contributed by atoms with Crippen LogP contribution in [0.5, 0.6) is 0 Å². The smallest absolute Gasteiger partial charge is 0.190 e. The van der Waals surface area contributed by atoms with Crippen LogP contribution < -0.4 is 10.2 Å². The van der Waals surface area contributed by atoms with Gasteiger partial charge in [0.05, 0.1) is 5.69 Å². The lowest BCUT2D eigenvalue weighted by Gasteiger charge is -2.28. The Balaban J connectivity index is 1.77. The molecule has 1 aromatic carbocycles. The molecule has 2 heterocycles. The molecule has 0 unspecified atom stereocenters. The lowest BCUT2D eigenvalue weighted by atomic mass is 10.0. The molecule has 3 nitrogen and oxygen atoms in total. The van der Waals surface area contributed by atoms with E-state index in [2.05, 4.69) is 46.8 Å². The van der Waals surface area contributed by atoms with Crippen molar-refractivity contribution in [3.63, 3.8) is 0 Å². The van der Waals surface area contributed by atoms with Crippen molar-refractivity contribution < 1.29 is 0 Å². The van der Waals surface area contributed by atoms with Crippen molar-refractivity contribution in [1.82, 2.24) is 10.3 Å². The molecule has 0 radical (unpaired) electrons. The SMILES string of the molecule is CCCNCc1csc(N2CCCc3ccccc32)n1. The van der Waals surface area contributed by atoms with Crippen LogP contribution in [0.1, 0.15) is 31.0 Å². The largest absolute Gasteiger partial charge is 0.318 e. The predicted octanol–water partition coefficient (Wildman–Crippen LogP) is 3.73. The van der Waals surface area contributed by atoms with E-state index in [0.717, 1.165) is 36.9 Å². The summed E-state index contributed by atoms with van der Waals surface area (Å²) < 4.78 is 0. The summed E-state index contributed by atoms with van der Waals surface area (Å²) in [4.78, 5) is 7.15. The van der Waals surface area contributed by atoms with Crippen LogP contribution in [0.15, 0.2) is 29.6 Å². The van der Waals surface area contributed by atoms with E-state index >= 15 is 0 Å². The number of para-hydroxylation sites is 1. The van der Waals surface area contributed by atoms with Crippen molar-refractivity contribution in [2.75, 3.05) is 18.0 Å². The summed E-state index contributed by atoms with van der Waals surface area (Å²) in [5.41, 5.74) is 3.93. The minimum atomic E-state index is 0.875. The first-order chi connectivity index (χ1) is 9.88. The zero-order valence-corrected chi connectivity index (χ0v) is 12.7. The minimum Gasteiger partial charge on any atom is -0.318 e. The van der Waals surface area contributed by atoms with E-state index < -0.39 is 0 Å². The number of hydrogen-bond acceptors (Lipinski definition) is 4. The number of thiazole rings is 1. The van der Waals surface area contributed by atoms with Crippen LogP contribution in [0.3, 0.4) is 0 Å². The molecule has 1 N–H and O–H groups in total. The summed E-state index contributed by atoms with van der Waals surface area (Å²) in [5, 5.41) is 6.72. The Morgan fingerprint density at radius 1 is 1.35 bits per heavy atom. The summed E-state index contributed by atoms with van der Waals surface area (Å²) in [5.74, 6) is 0. The number of anilines is 2. The number of benzene rings is 1. The van der Waals surface area contributed by atoms with Crippen molar-refractivity contribution in [2.24, 2.45) is 0 Å². The summed E-state index contributed by atoms with van der Waals surface area (Å²) in [6.45, 7) is 5.19. The van der Waals surface area contributed by atoms with E-state index in [0.29, 0.717) is 0 Å². The second-order valence-electron chi connectivity index (χ2n) is 5.18. The third-order valence-corrected chi connectivity index (χ3v) is 4.53. The Labute approximate surface area is 124 Å². The fourth-order valence-electron chi connectivity index (χ4n) is 2.63. The highest BCUT2D eigenvalue weighted by Gasteiger charge is 2.19. The summed E-state index contributed by atoms with van der Waals surface area (Å²) >= 11 is 1.75. The number of fused-ring (bicyclic) bond motifs is 1. The molecule has 0 saturated heterocycles. The molecule has 0 atom stereocenters. The Morgan fingerprint density at radius 2 is 2.25 bits per heavy atom. The van der Waals surface area contributed by atoms with Gasteiger partial charge in [-0.25, -0.2) is 4.98 Å². The summed E-state index contributed by atoms with van der Waals surface area (Å²) in [6.07, 6.45) is 3.56. The van der Waals surface area contributed by atoms with E-state index in [-0.39, 0.29) is 0 Å². The highest BCUT2D eigenvalue weighted by molar-refractivity contribution is 7.13. The van der Waals surface area contributed by atoms with Crippen molar-refractivity contribution in [2.45, 2.75) is 32.7 Å². The first-order valence-electron chi connectivity index (χ1n) is 7.39.